The Balaban J connectivity index is 2.00. The Kier molecular flexibility index (Phi) is 6.08. The highest BCUT2D eigenvalue weighted by Crippen LogP contribution is 2.29. The maximum atomic E-state index is 12.9. The van der Waals surface area contributed by atoms with Gasteiger partial charge in [0.05, 0.1) is 19.9 Å². The zero-order valence-corrected chi connectivity index (χ0v) is 14.4. The van der Waals surface area contributed by atoms with Gasteiger partial charge in [-0.15, -0.1) is 0 Å². The van der Waals surface area contributed by atoms with Gasteiger partial charge in [-0.1, -0.05) is 12.1 Å². The summed E-state index contributed by atoms with van der Waals surface area (Å²) in [6.45, 7) is 1.80. The summed E-state index contributed by atoms with van der Waals surface area (Å²) in [6.07, 6.45) is 0. The van der Waals surface area contributed by atoms with E-state index in [-0.39, 0.29) is 5.82 Å². The number of thiocarbonyl (C=S) groups is 1. The number of hydrazone groups is 1. The number of ether oxygens (including phenoxy) is 2. The van der Waals surface area contributed by atoms with Crippen molar-refractivity contribution in [3.63, 3.8) is 0 Å². The Morgan fingerprint density at radius 2 is 1.71 bits per heavy atom. The molecule has 7 heteroatoms. The molecule has 24 heavy (non-hydrogen) atoms. The first-order chi connectivity index (χ1) is 11.5. The van der Waals surface area contributed by atoms with Crippen LogP contribution in [-0.4, -0.2) is 25.0 Å². The van der Waals surface area contributed by atoms with Gasteiger partial charge in [-0.25, -0.2) is 4.39 Å². The van der Waals surface area contributed by atoms with Crippen LogP contribution in [0.4, 0.5) is 10.1 Å². The van der Waals surface area contributed by atoms with E-state index >= 15 is 0 Å². The minimum absolute atomic E-state index is 0.287. The quantitative estimate of drug-likeness (QED) is 0.492. The molecule has 0 radical (unpaired) electrons. The lowest BCUT2D eigenvalue weighted by molar-refractivity contribution is 0.355. The second-order valence-corrected chi connectivity index (χ2v) is 5.25. The molecule has 0 fully saturated rings. The number of hydrogen-bond acceptors (Lipinski definition) is 4. The van der Waals surface area contributed by atoms with E-state index in [1.54, 1.807) is 45.4 Å². The topological polar surface area (TPSA) is 54.9 Å². The lowest BCUT2D eigenvalue weighted by Gasteiger charge is -2.11. The lowest BCUT2D eigenvalue weighted by atomic mass is 10.1. The van der Waals surface area contributed by atoms with Gasteiger partial charge in [-0.05, 0) is 49.0 Å². The summed E-state index contributed by atoms with van der Waals surface area (Å²) < 4.78 is 23.3. The van der Waals surface area contributed by atoms with Crippen molar-refractivity contribution in [1.29, 1.82) is 0 Å². The van der Waals surface area contributed by atoms with E-state index in [2.05, 4.69) is 15.8 Å². The Morgan fingerprint density at radius 1 is 1.04 bits per heavy atom. The summed E-state index contributed by atoms with van der Waals surface area (Å²) in [7, 11) is 3.14. The fourth-order valence-corrected chi connectivity index (χ4v) is 2.13. The predicted octanol–water partition coefficient (Wildman–Crippen LogP) is 3.55. The molecule has 0 aliphatic carbocycles. The standard InChI is InChI=1S/C17H18FN3O2S/c1-11(12-4-6-13(18)7-5-12)20-21-17(24)19-14-8-9-15(22-2)16(10-14)23-3/h4-10H,1-3H3,(H2,19,21,24)/b20-11-. The van der Waals surface area contributed by atoms with E-state index in [9.17, 15) is 4.39 Å². The maximum Gasteiger partial charge on any atom is 0.191 e. The number of anilines is 1. The molecule has 0 spiro atoms. The highest BCUT2D eigenvalue weighted by atomic mass is 32.1. The molecule has 0 atom stereocenters. The maximum absolute atomic E-state index is 12.9. The average Bonchev–Trinajstić information content (AvgIpc) is 2.60. The van der Waals surface area contributed by atoms with E-state index in [0.29, 0.717) is 22.3 Å². The molecule has 0 aromatic heterocycles. The van der Waals surface area contributed by atoms with Gasteiger partial charge in [0.15, 0.2) is 16.6 Å². The monoisotopic (exact) mass is 347 g/mol. The van der Waals surface area contributed by atoms with E-state index in [4.69, 9.17) is 21.7 Å². The molecular formula is C17H18FN3O2S. The lowest BCUT2D eigenvalue weighted by Crippen LogP contribution is -2.25. The van der Waals surface area contributed by atoms with Crippen molar-refractivity contribution < 1.29 is 13.9 Å². The average molecular weight is 347 g/mol. The largest absolute Gasteiger partial charge is 0.493 e. The van der Waals surface area contributed by atoms with Crippen LogP contribution in [0.1, 0.15) is 12.5 Å². The normalized spacial score (nSPS) is 10.9. The molecule has 0 bridgehead atoms. The third-order valence-corrected chi connectivity index (χ3v) is 3.42. The molecule has 2 rings (SSSR count). The van der Waals surface area contributed by atoms with Gasteiger partial charge in [0.1, 0.15) is 5.82 Å². The number of halogens is 1. The summed E-state index contributed by atoms with van der Waals surface area (Å²) in [4.78, 5) is 0. The van der Waals surface area contributed by atoms with Crippen molar-refractivity contribution in [3.8, 4) is 11.5 Å². The van der Waals surface area contributed by atoms with Gasteiger partial charge in [-0.3, -0.25) is 5.43 Å². The highest BCUT2D eigenvalue weighted by Gasteiger charge is 2.05. The van der Waals surface area contributed by atoms with E-state index in [1.807, 2.05) is 6.07 Å². The Bertz CT molecular complexity index is 748. The zero-order valence-electron chi connectivity index (χ0n) is 13.6. The minimum Gasteiger partial charge on any atom is -0.493 e. The summed E-state index contributed by atoms with van der Waals surface area (Å²) in [5, 5.41) is 7.51. The van der Waals surface area contributed by atoms with E-state index < -0.39 is 0 Å². The van der Waals surface area contributed by atoms with Crippen molar-refractivity contribution in [1.82, 2.24) is 5.43 Å². The second-order valence-electron chi connectivity index (χ2n) is 4.84. The highest BCUT2D eigenvalue weighted by molar-refractivity contribution is 7.80. The van der Waals surface area contributed by atoms with Crippen LogP contribution in [0.2, 0.25) is 0 Å². The van der Waals surface area contributed by atoms with E-state index in [0.717, 1.165) is 11.3 Å². The van der Waals surface area contributed by atoms with Crippen LogP contribution in [0.15, 0.2) is 47.6 Å². The summed E-state index contributed by atoms with van der Waals surface area (Å²) in [5.74, 6) is 0.938. The van der Waals surface area contributed by atoms with E-state index in [1.165, 1.54) is 12.1 Å². The summed E-state index contributed by atoms with van der Waals surface area (Å²) in [6, 6.07) is 11.4. The predicted molar refractivity (Wildman–Crippen MR) is 97.5 cm³/mol. The number of hydrogen-bond donors (Lipinski definition) is 2. The minimum atomic E-state index is -0.287. The Labute approximate surface area is 145 Å². The fourth-order valence-electron chi connectivity index (χ4n) is 1.96. The van der Waals surface area contributed by atoms with Crippen LogP contribution in [0.3, 0.4) is 0 Å². The van der Waals surface area contributed by atoms with Crippen molar-refractivity contribution in [2.24, 2.45) is 5.10 Å². The molecule has 2 aromatic rings. The number of rotatable bonds is 5. The molecule has 0 aliphatic rings. The summed E-state index contributed by atoms with van der Waals surface area (Å²) >= 11 is 5.20. The third kappa shape index (κ3) is 4.66. The number of nitrogens with one attached hydrogen (secondary N) is 2. The molecule has 5 nitrogen and oxygen atoms in total. The van der Waals surface area contributed by atoms with Crippen LogP contribution in [-0.2, 0) is 0 Å². The van der Waals surface area contributed by atoms with Gasteiger partial charge in [0.2, 0.25) is 0 Å². The van der Waals surface area contributed by atoms with Crippen LogP contribution in [0, 0.1) is 5.82 Å². The van der Waals surface area contributed by atoms with Crippen molar-refractivity contribution in [3.05, 3.63) is 53.8 Å². The number of nitrogens with zero attached hydrogens (tertiary/aromatic N) is 1. The molecule has 0 amide bonds. The number of benzene rings is 2. The smallest absolute Gasteiger partial charge is 0.191 e. The van der Waals surface area contributed by atoms with Gasteiger partial charge in [0, 0.05) is 11.8 Å². The van der Waals surface area contributed by atoms with Gasteiger partial charge >= 0.3 is 0 Å². The van der Waals surface area contributed by atoms with Crippen LogP contribution in [0.25, 0.3) is 0 Å². The van der Waals surface area contributed by atoms with Crippen molar-refractivity contribution >= 4 is 28.7 Å². The SMILES string of the molecule is COc1ccc(NC(=S)N/N=C(/C)c2ccc(F)cc2)cc1OC. The van der Waals surface area contributed by atoms with Gasteiger partial charge in [0.25, 0.3) is 0 Å². The first-order valence-corrected chi connectivity index (χ1v) is 7.53. The zero-order chi connectivity index (χ0) is 17.5. The van der Waals surface area contributed by atoms with Gasteiger partial charge in [-0.2, -0.15) is 5.10 Å². The molecule has 0 saturated carbocycles. The van der Waals surface area contributed by atoms with Gasteiger partial charge < -0.3 is 14.8 Å². The molecular weight excluding hydrogens is 329 g/mol. The third-order valence-electron chi connectivity index (χ3n) is 3.23. The van der Waals surface area contributed by atoms with Crippen LogP contribution >= 0.6 is 12.2 Å². The first kappa shape index (κ1) is 17.7. The molecule has 2 aromatic carbocycles. The molecule has 126 valence electrons. The van der Waals surface area contributed by atoms with Crippen LogP contribution < -0.4 is 20.2 Å². The second kappa shape index (κ2) is 8.26. The molecule has 0 aliphatic heterocycles. The Morgan fingerprint density at radius 3 is 2.33 bits per heavy atom. The summed E-state index contributed by atoms with van der Waals surface area (Å²) in [5.41, 5.74) is 4.98. The van der Waals surface area contributed by atoms with Crippen molar-refractivity contribution in [2.45, 2.75) is 6.92 Å². The van der Waals surface area contributed by atoms with Crippen molar-refractivity contribution in [2.75, 3.05) is 19.5 Å². The fraction of sp³-hybridized carbons (Fsp3) is 0.176. The molecule has 0 saturated heterocycles. The molecule has 0 unspecified atom stereocenters. The Hall–Kier alpha value is -2.67. The number of methoxy groups -OCH3 is 2. The first-order valence-electron chi connectivity index (χ1n) is 7.12. The van der Waals surface area contributed by atoms with Crippen LogP contribution in [0.5, 0.6) is 11.5 Å². The molecule has 2 N–H and O–H groups in total. The molecule has 0 heterocycles.